The first kappa shape index (κ1) is 48.2. The van der Waals surface area contributed by atoms with Crippen molar-refractivity contribution >= 4 is 40.4 Å². The molecule has 0 fully saturated rings. The molecule has 2 amide bonds. The van der Waals surface area contributed by atoms with Crippen LogP contribution in [0.4, 0.5) is 17.1 Å². The maximum absolute atomic E-state index is 11.1. The molecule has 0 aromatic heterocycles. The Morgan fingerprint density at radius 2 is 1.05 bits per heavy atom. The van der Waals surface area contributed by atoms with Gasteiger partial charge >= 0.3 is 51.4 Å². The quantitative estimate of drug-likeness (QED) is 0.205. The summed E-state index contributed by atoms with van der Waals surface area (Å²) in [6.07, 6.45) is -0.232. The van der Waals surface area contributed by atoms with Gasteiger partial charge in [-0.15, -0.1) is 0 Å². The molecule has 0 spiro atoms. The van der Waals surface area contributed by atoms with Gasteiger partial charge in [-0.2, -0.15) is 0 Å². The maximum atomic E-state index is 11.1. The van der Waals surface area contributed by atoms with Crippen LogP contribution in [0.2, 0.25) is 0 Å². The number of rotatable bonds is 7. The van der Waals surface area contributed by atoms with Crippen molar-refractivity contribution in [3.8, 4) is 0 Å². The summed E-state index contributed by atoms with van der Waals surface area (Å²) in [7, 11) is 4.14. The molecular formula is C36H54KN3O4. The third-order valence-corrected chi connectivity index (χ3v) is 4.73. The topological polar surface area (TPSA) is 95.6 Å². The van der Waals surface area contributed by atoms with E-state index in [1.807, 2.05) is 77.9 Å². The number of para-hydroxylation sites is 2. The van der Waals surface area contributed by atoms with Crippen LogP contribution in [0.5, 0.6) is 0 Å². The number of nitrogens with zero attached hydrogens (tertiary/aromatic N) is 1. The summed E-state index contributed by atoms with van der Waals surface area (Å²) in [5.41, 5.74) is 5.37. The van der Waals surface area contributed by atoms with E-state index in [1.165, 1.54) is 23.7 Å². The molecule has 0 radical (unpaired) electrons. The normalized spacial score (nSPS) is 8.34. The molecule has 0 aliphatic rings. The van der Waals surface area contributed by atoms with Gasteiger partial charge in [0.25, 0.3) is 0 Å². The first-order valence-corrected chi connectivity index (χ1v) is 14.8. The molecule has 3 aromatic carbocycles. The zero-order chi connectivity index (χ0) is 33.8. The molecular weight excluding hydrogens is 578 g/mol. The molecule has 2 N–H and O–H groups in total. The first-order chi connectivity index (χ1) is 20.5. The number of benzene rings is 3. The average Bonchev–Trinajstić information content (AvgIpc) is 2.98. The zero-order valence-electron chi connectivity index (χ0n) is 29.2. The predicted octanol–water partition coefficient (Wildman–Crippen LogP) is 5.47. The molecule has 3 aromatic rings. The van der Waals surface area contributed by atoms with Crippen molar-refractivity contribution in [3.05, 3.63) is 96.9 Å². The molecule has 0 unspecified atom stereocenters. The second-order valence-corrected chi connectivity index (χ2v) is 8.61. The standard InChI is InChI=1S/C10H11NO2.C10H10NO2.C10H15N.3C2H6.K/c2*1-8(12)7-10(13)11-9-5-3-2-4-6-9;1-8-5-6-9(2)10(7-8)11(3)4;3*1-2;/h2-6H,7H2,1H3,(H,11,13);2-6H,1,7H2,(H,11,13);5-7H,1-4H3;3*1-2H3;/q;-1;;;;;+1. The van der Waals surface area contributed by atoms with E-state index in [-0.39, 0.29) is 87.6 Å². The summed E-state index contributed by atoms with van der Waals surface area (Å²) in [5, 5.41) is 5.19. The molecule has 3 rings (SSSR count). The summed E-state index contributed by atoms with van der Waals surface area (Å²) in [4.78, 5) is 45.3. The van der Waals surface area contributed by atoms with E-state index in [2.05, 4.69) is 68.6 Å². The van der Waals surface area contributed by atoms with Gasteiger partial charge in [-0.1, -0.05) is 90.1 Å². The van der Waals surface area contributed by atoms with Crippen LogP contribution in [0.1, 0.15) is 72.4 Å². The molecule has 0 bridgehead atoms. The Hall–Kier alpha value is -2.75. The van der Waals surface area contributed by atoms with Crippen molar-refractivity contribution in [3.63, 3.8) is 0 Å². The van der Waals surface area contributed by atoms with Gasteiger partial charge in [0.15, 0.2) is 0 Å². The third kappa shape index (κ3) is 26.8. The number of hydrogen-bond acceptors (Lipinski definition) is 5. The van der Waals surface area contributed by atoms with E-state index in [9.17, 15) is 19.2 Å². The fourth-order valence-electron chi connectivity index (χ4n) is 3.06. The fourth-order valence-corrected chi connectivity index (χ4v) is 3.06. The molecule has 0 saturated carbocycles. The van der Waals surface area contributed by atoms with Crippen molar-refractivity contribution in [1.29, 1.82) is 0 Å². The molecule has 0 saturated heterocycles. The number of nitrogens with one attached hydrogen (secondary N) is 2. The number of anilines is 3. The van der Waals surface area contributed by atoms with Gasteiger partial charge in [0.05, 0.1) is 12.8 Å². The van der Waals surface area contributed by atoms with E-state index < -0.39 is 0 Å². The van der Waals surface area contributed by atoms with Gasteiger partial charge in [0, 0.05) is 36.9 Å². The monoisotopic (exact) mass is 631 g/mol. The fraction of sp³-hybridized carbons (Fsp3) is 0.361. The molecule has 238 valence electrons. The molecule has 0 aliphatic heterocycles. The molecule has 7 nitrogen and oxygen atoms in total. The first-order valence-electron chi connectivity index (χ1n) is 14.8. The minimum Gasteiger partial charge on any atom is -0.377 e. The second kappa shape index (κ2) is 31.7. The smallest absolute Gasteiger partial charge is 0.377 e. The van der Waals surface area contributed by atoms with E-state index in [0.717, 1.165) is 0 Å². The number of amides is 2. The summed E-state index contributed by atoms with van der Waals surface area (Å²) in [5.74, 6) is -1.10. The molecule has 44 heavy (non-hydrogen) atoms. The van der Waals surface area contributed by atoms with Gasteiger partial charge < -0.3 is 27.3 Å². The maximum Gasteiger partial charge on any atom is 1.00 e. The van der Waals surface area contributed by atoms with E-state index in [0.29, 0.717) is 11.4 Å². The van der Waals surface area contributed by atoms with Crippen LogP contribution < -0.4 is 66.9 Å². The Morgan fingerprint density at radius 3 is 1.36 bits per heavy atom. The number of aryl methyl sites for hydroxylation is 2. The van der Waals surface area contributed by atoms with Crippen molar-refractivity contribution < 1.29 is 70.6 Å². The third-order valence-electron chi connectivity index (χ3n) is 4.73. The number of ketones is 2. The van der Waals surface area contributed by atoms with Crippen molar-refractivity contribution in [2.75, 3.05) is 29.6 Å². The Kier molecular flexibility index (Phi) is 34.7. The SMILES string of the molecule is CC.CC.CC.CC(=O)CC(=O)Nc1ccccc1.Cc1ccc(C)c(N(C)C)c1.[CH2-]C(=O)CC(=O)Nc1ccccc1.[K+]. The molecule has 0 aliphatic carbocycles. The van der Waals surface area contributed by atoms with Crippen LogP contribution in [0.25, 0.3) is 0 Å². The Balaban J connectivity index is -0.000000249. The van der Waals surface area contributed by atoms with Crippen LogP contribution in [0, 0.1) is 20.8 Å². The van der Waals surface area contributed by atoms with Crippen molar-refractivity contribution in [2.24, 2.45) is 0 Å². The summed E-state index contributed by atoms with van der Waals surface area (Å²) in [6.45, 7) is 20.8. The van der Waals surface area contributed by atoms with Crippen LogP contribution >= 0.6 is 0 Å². The molecule has 0 heterocycles. The van der Waals surface area contributed by atoms with Gasteiger partial charge in [0.2, 0.25) is 11.8 Å². The second-order valence-electron chi connectivity index (χ2n) is 8.61. The van der Waals surface area contributed by atoms with Gasteiger partial charge in [-0.3, -0.25) is 14.4 Å². The zero-order valence-corrected chi connectivity index (χ0v) is 32.3. The van der Waals surface area contributed by atoms with Crippen LogP contribution in [-0.4, -0.2) is 37.5 Å². The van der Waals surface area contributed by atoms with Crippen molar-refractivity contribution in [2.45, 2.75) is 75.2 Å². The molecule has 8 heteroatoms. The van der Waals surface area contributed by atoms with E-state index in [4.69, 9.17) is 0 Å². The number of hydrogen-bond donors (Lipinski definition) is 2. The minimum atomic E-state index is -0.381. The predicted molar refractivity (Wildman–Crippen MR) is 185 cm³/mol. The summed E-state index contributed by atoms with van der Waals surface area (Å²) in [6, 6.07) is 24.5. The molecule has 0 atom stereocenters. The largest absolute Gasteiger partial charge is 1.00 e. The Morgan fingerprint density at radius 1 is 0.659 bits per heavy atom. The number of Topliss-reactive ketones (excluding diaryl/α,β-unsaturated/α-hetero) is 2. The summed E-state index contributed by atoms with van der Waals surface area (Å²) >= 11 is 0. The Bertz CT molecular complexity index is 1100. The van der Waals surface area contributed by atoms with Gasteiger partial charge in [0.1, 0.15) is 5.78 Å². The van der Waals surface area contributed by atoms with Crippen LogP contribution in [-0.2, 0) is 19.2 Å². The Labute approximate surface area is 310 Å². The summed E-state index contributed by atoms with van der Waals surface area (Å²) < 4.78 is 0. The van der Waals surface area contributed by atoms with Gasteiger partial charge in [-0.25, -0.2) is 0 Å². The van der Waals surface area contributed by atoms with E-state index >= 15 is 0 Å². The number of carbonyl (C=O) groups is 4. The van der Waals surface area contributed by atoms with Gasteiger partial charge in [-0.05, 0) is 62.2 Å². The number of carbonyl (C=O) groups excluding carboxylic acids is 4. The minimum absolute atomic E-state index is 0. The van der Waals surface area contributed by atoms with E-state index in [1.54, 1.807) is 24.3 Å². The van der Waals surface area contributed by atoms with Crippen LogP contribution in [0.3, 0.4) is 0 Å². The van der Waals surface area contributed by atoms with Crippen LogP contribution in [0.15, 0.2) is 78.9 Å². The average molecular weight is 632 g/mol. The van der Waals surface area contributed by atoms with Crippen molar-refractivity contribution in [1.82, 2.24) is 0 Å².